The Hall–Kier alpha value is -1.24. The molecule has 0 aliphatic rings. The summed E-state index contributed by atoms with van der Waals surface area (Å²) in [5.74, 6) is 0.629. The molecule has 176 valence electrons. The number of ketones is 1. The number of esters is 1. The molecule has 0 aromatic rings. The van der Waals surface area contributed by atoms with Gasteiger partial charge in [-0.25, -0.2) is 0 Å². The van der Waals surface area contributed by atoms with E-state index in [2.05, 4.69) is 33.8 Å². The molecule has 0 heterocycles. The summed E-state index contributed by atoms with van der Waals surface area (Å²) in [4.78, 5) is 23.7. The second-order valence-electron chi connectivity index (χ2n) is 9.26. The van der Waals surface area contributed by atoms with Crippen LogP contribution in [0.5, 0.6) is 0 Å². The molecule has 1 unspecified atom stereocenters. The van der Waals surface area contributed by atoms with Gasteiger partial charge in [-0.05, 0) is 38.0 Å². The van der Waals surface area contributed by atoms with Gasteiger partial charge < -0.3 is 20.1 Å². The van der Waals surface area contributed by atoms with Crippen LogP contribution in [0.3, 0.4) is 0 Å². The van der Waals surface area contributed by atoms with Gasteiger partial charge in [-0.3, -0.25) is 9.59 Å². The largest absolute Gasteiger partial charge is 0.464 e. The molecule has 0 aliphatic heterocycles. The molecule has 0 saturated carbocycles. The van der Waals surface area contributed by atoms with Crippen molar-refractivity contribution in [1.29, 1.82) is 0 Å². The maximum absolute atomic E-state index is 11.9. The van der Waals surface area contributed by atoms with E-state index < -0.39 is 31.2 Å². The summed E-state index contributed by atoms with van der Waals surface area (Å²) in [5.41, 5.74) is 0.00294. The SMILES string of the molecule is C/C(=C\CCC(=O)CC(=O)OCC(CO)(CO)CO)CCCC(C)CCCC(C)C. The molecule has 0 saturated heterocycles. The lowest BCUT2D eigenvalue weighted by molar-refractivity contribution is -0.152. The second-order valence-corrected chi connectivity index (χ2v) is 9.26. The van der Waals surface area contributed by atoms with E-state index in [1.807, 2.05) is 0 Å². The minimum atomic E-state index is -1.27. The van der Waals surface area contributed by atoms with Crippen molar-refractivity contribution in [3.05, 3.63) is 11.6 Å². The molecule has 0 aromatic carbocycles. The quantitative estimate of drug-likeness (QED) is 0.174. The molecule has 0 amide bonds. The molecule has 30 heavy (non-hydrogen) atoms. The number of hydrogen-bond donors (Lipinski definition) is 3. The number of aliphatic hydroxyl groups excluding tert-OH is 3. The first-order chi connectivity index (χ1) is 14.2. The van der Waals surface area contributed by atoms with Gasteiger partial charge in [0.15, 0.2) is 0 Å². The summed E-state index contributed by atoms with van der Waals surface area (Å²) in [6.07, 6.45) is 9.95. The number of allylic oxidation sites excluding steroid dienone is 2. The van der Waals surface area contributed by atoms with Crippen LogP contribution in [0.25, 0.3) is 0 Å². The summed E-state index contributed by atoms with van der Waals surface area (Å²) >= 11 is 0. The molecule has 0 spiro atoms. The summed E-state index contributed by atoms with van der Waals surface area (Å²) < 4.78 is 4.94. The minimum Gasteiger partial charge on any atom is -0.464 e. The molecule has 0 aromatic heterocycles. The summed E-state index contributed by atoms with van der Waals surface area (Å²) in [6, 6.07) is 0. The average molecular weight is 429 g/mol. The Morgan fingerprint density at radius 3 is 2.10 bits per heavy atom. The van der Waals surface area contributed by atoms with E-state index in [4.69, 9.17) is 4.74 Å². The zero-order valence-electron chi connectivity index (χ0n) is 19.5. The third-order valence-electron chi connectivity index (χ3n) is 5.55. The zero-order chi connectivity index (χ0) is 23.0. The molecule has 0 bridgehead atoms. The van der Waals surface area contributed by atoms with Crippen LogP contribution in [0.1, 0.15) is 85.5 Å². The summed E-state index contributed by atoms with van der Waals surface area (Å²) in [7, 11) is 0. The predicted octanol–water partition coefficient (Wildman–Crippen LogP) is 3.81. The van der Waals surface area contributed by atoms with E-state index in [0.29, 0.717) is 6.42 Å². The van der Waals surface area contributed by atoms with E-state index in [9.17, 15) is 24.9 Å². The van der Waals surface area contributed by atoms with Gasteiger partial charge in [0.05, 0.1) is 25.2 Å². The first-order valence-corrected chi connectivity index (χ1v) is 11.3. The summed E-state index contributed by atoms with van der Waals surface area (Å²) in [5, 5.41) is 27.6. The van der Waals surface area contributed by atoms with E-state index in [-0.39, 0.29) is 25.2 Å². The van der Waals surface area contributed by atoms with Crippen molar-refractivity contribution < 1.29 is 29.6 Å². The molecule has 1 atom stereocenters. The van der Waals surface area contributed by atoms with Crippen LogP contribution in [0.2, 0.25) is 0 Å². The number of ether oxygens (including phenoxy) is 1. The first kappa shape index (κ1) is 28.8. The highest BCUT2D eigenvalue weighted by Gasteiger charge is 2.30. The molecular formula is C24H44O6. The molecule has 0 fully saturated rings. The fraction of sp³-hybridized carbons (Fsp3) is 0.833. The van der Waals surface area contributed by atoms with Gasteiger partial charge >= 0.3 is 5.97 Å². The van der Waals surface area contributed by atoms with E-state index in [1.165, 1.54) is 31.3 Å². The molecule has 6 heteroatoms. The van der Waals surface area contributed by atoms with Gasteiger partial charge in [0.1, 0.15) is 18.8 Å². The molecular weight excluding hydrogens is 384 g/mol. The number of carbonyl (C=O) groups is 2. The van der Waals surface area contributed by atoms with Crippen molar-refractivity contribution in [1.82, 2.24) is 0 Å². The molecule has 6 nitrogen and oxygen atoms in total. The smallest absolute Gasteiger partial charge is 0.313 e. The highest BCUT2D eigenvalue weighted by Crippen LogP contribution is 2.19. The van der Waals surface area contributed by atoms with Crippen molar-refractivity contribution in [3.8, 4) is 0 Å². The van der Waals surface area contributed by atoms with Crippen LogP contribution < -0.4 is 0 Å². The lowest BCUT2D eigenvalue weighted by Crippen LogP contribution is -2.39. The van der Waals surface area contributed by atoms with Crippen LogP contribution in [-0.2, 0) is 14.3 Å². The fourth-order valence-electron chi connectivity index (χ4n) is 3.15. The summed E-state index contributed by atoms with van der Waals surface area (Å²) in [6.45, 7) is 7.08. The van der Waals surface area contributed by atoms with Gasteiger partial charge in [-0.2, -0.15) is 0 Å². The Balaban J connectivity index is 4.01. The lowest BCUT2D eigenvalue weighted by atomic mass is 9.93. The van der Waals surface area contributed by atoms with Crippen LogP contribution in [0.4, 0.5) is 0 Å². The number of Topliss-reactive ketones (excluding diaryl/α,β-unsaturated/α-hetero) is 1. The van der Waals surface area contributed by atoms with E-state index in [1.54, 1.807) is 0 Å². The zero-order valence-corrected chi connectivity index (χ0v) is 19.5. The second kappa shape index (κ2) is 16.5. The third-order valence-corrected chi connectivity index (χ3v) is 5.55. The molecule has 0 aliphatic carbocycles. The van der Waals surface area contributed by atoms with Gasteiger partial charge in [-0.15, -0.1) is 0 Å². The Kier molecular flexibility index (Phi) is 15.8. The van der Waals surface area contributed by atoms with Gasteiger partial charge in [0.2, 0.25) is 0 Å². The number of carbonyl (C=O) groups excluding carboxylic acids is 2. The lowest BCUT2D eigenvalue weighted by Gasteiger charge is -2.26. The normalized spacial score (nSPS) is 13.5. The predicted molar refractivity (Wildman–Crippen MR) is 119 cm³/mol. The van der Waals surface area contributed by atoms with Crippen LogP contribution in [0.15, 0.2) is 11.6 Å². The van der Waals surface area contributed by atoms with Crippen molar-refractivity contribution >= 4 is 11.8 Å². The fourth-order valence-corrected chi connectivity index (χ4v) is 3.15. The third kappa shape index (κ3) is 13.9. The highest BCUT2D eigenvalue weighted by molar-refractivity contribution is 5.95. The number of rotatable bonds is 18. The Bertz CT molecular complexity index is 500. The van der Waals surface area contributed by atoms with E-state index >= 15 is 0 Å². The minimum absolute atomic E-state index is 0.203. The Morgan fingerprint density at radius 1 is 0.933 bits per heavy atom. The van der Waals surface area contributed by atoms with Crippen molar-refractivity contribution in [2.45, 2.75) is 85.5 Å². The number of aliphatic hydroxyl groups is 3. The average Bonchev–Trinajstić information content (AvgIpc) is 2.69. The maximum atomic E-state index is 11.9. The van der Waals surface area contributed by atoms with Crippen LogP contribution >= 0.6 is 0 Å². The molecule has 0 rings (SSSR count). The van der Waals surface area contributed by atoms with Crippen LogP contribution in [-0.4, -0.2) is 53.5 Å². The monoisotopic (exact) mass is 428 g/mol. The standard InChI is InChI=1S/C24H44O6/c1-19(2)8-5-9-20(3)10-6-11-21(4)12-7-13-22(28)14-23(29)30-18-24(15-25,16-26)17-27/h12,19-20,25-27H,5-11,13-18H2,1-4H3/b21-12+. The van der Waals surface area contributed by atoms with Gasteiger partial charge in [-0.1, -0.05) is 58.1 Å². The highest BCUT2D eigenvalue weighted by atomic mass is 16.5. The van der Waals surface area contributed by atoms with E-state index in [0.717, 1.165) is 24.7 Å². The van der Waals surface area contributed by atoms with Crippen molar-refractivity contribution in [3.63, 3.8) is 0 Å². The molecule has 3 N–H and O–H groups in total. The first-order valence-electron chi connectivity index (χ1n) is 11.3. The maximum Gasteiger partial charge on any atom is 0.313 e. The Labute approximate surface area is 182 Å². The van der Waals surface area contributed by atoms with Crippen molar-refractivity contribution in [2.75, 3.05) is 26.4 Å². The molecule has 0 radical (unpaired) electrons. The topological polar surface area (TPSA) is 104 Å². The number of hydrogen-bond acceptors (Lipinski definition) is 6. The van der Waals surface area contributed by atoms with Crippen LogP contribution in [0, 0.1) is 17.3 Å². The Morgan fingerprint density at radius 2 is 1.53 bits per heavy atom. The van der Waals surface area contributed by atoms with Gasteiger partial charge in [0, 0.05) is 6.42 Å². The van der Waals surface area contributed by atoms with Crippen molar-refractivity contribution in [2.24, 2.45) is 17.3 Å². The van der Waals surface area contributed by atoms with Gasteiger partial charge in [0.25, 0.3) is 0 Å².